The minimum absolute atomic E-state index is 0.0759. The molecule has 0 aromatic carbocycles. The molecule has 6 heteroatoms. The lowest BCUT2D eigenvalue weighted by Gasteiger charge is -2.19. The summed E-state index contributed by atoms with van der Waals surface area (Å²) >= 11 is 6.47. The van der Waals surface area contributed by atoms with Crippen LogP contribution in [0.2, 0.25) is 0 Å². The molecule has 3 nitrogen and oxygen atoms in total. The number of halogens is 1. The van der Waals surface area contributed by atoms with Gasteiger partial charge in [0.1, 0.15) is 4.88 Å². The number of fused-ring (bicyclic) bond motifs is 1. The van der Waals surface area contributed by atoms with Gasteiger partial charge in [0.25, 0.3) is 5.91 Å². The smallest absolute Gasteiger partial charge is 0.268 e. The van der Waals surface area contributed by atoms with Crippen molar-refractivity contribution < 1.29 is 4.79 Å². The SMILES string of the molecule is CCCC1CCc2nc(NC(=O)c3sccc3Br)sc2C1. The number of hydrogen-bond acceptors (Lipinski definition) is 4. The van der Waals surface area contributed by atoms with E-state index in [1.165, 1.54) is 41.2 Å². The molecule has 1 amide bonds. The lowest BCUT2D eigenvalue weighted by Crippen LogP contribution is -2.12. The molecule has 1 unspecified atom stereocenters. The maximum absolute atomic E-state index is 12.2. The van der Waals surface area contributed by atoms with Crippen molar-refractivity contribution in [3.05, 3.63) is 31.4 Å². The number of nitrogens with zero attached hydrogens (tertiary/aromatic N) is 1. The van der Waals surface area contributed by atoms with Crippen molar-refractivity contribution in [2.45, 2.75) is 39.0 Å². The molecule has 1 aliphatic carbocycles. The molecule has 3 rings (SSSR count). The summed E-state index contributed by atoms with van der Waals surface area (Å²) in [7, 11) is 0. The normalized spacial score (nSPS) is 17.5. The molecule has 1 aliphatic rings. The molecular formula is C15H17BrN2OS2. The van der Waals surface area contributed by atoms with E-state index in [4.69, 9.17) is 0 Å². The van der Waals surface area contributed by atoms with Crippen LogP contribution in [0.25, 0.3) is 0 Å². The molecule has 1 N–H and O–H groups in total. The topological polar surface area (TPSA) is 42.0 Å². The Morgan fingerprint density at radius 2 is 2.43 bits per heavy atom. The fourth-order valence-corrected chi connectivity index (χ4v) is 5.32. The summed E-state index contributed by atoms with van der Waals surface area (Å²) in [5.74, 6) is 0.714. The highest BCUT2D eigenvalue weighted by molar-refractivity contribution is 9.10. The van der Waals surface area contributed by atoms with Gasteiger partial charge in [-0.15, -0.1) is 22.7 Å². The Morgan fingerprint density at radius 3 is 3.14 bits per heavy atom. The van der Waals surface area contributed by atoms with E-state index in [-0.39, 0.29) is 5.91 Å². The first kappa shape index (κ1) is 15.2. The monoisotopic (exact) mass is 384 g/mol. The Labute approximate surface area is 140 Å². The lowest BCUT2D eigenvalue weighted by atomic mass is 9.88. The zero-order valence-corrected chi connectivity index (χ0v) is 15.0. The zero-order chi connectivity index (χ0) is 14.8. The number of rotatable bonds is 4. The number of aryl methyl sites for hydroxylation is 1. The summed E-state index contributed by atoms with van der Waals surface area (Å²) in [6, 6.07) is 1.89. The molecule has 0 saturated heterocycles. The molecule has 2 aromatic rings. The molecule has 2 heterocycles. The van der Waals surface area contributed by atoms with E-state index in [2.05, 4.69) is 33.2 Å². The van der Waals surface area contributed by atoms with Crippen LogP contribution in [0.1, 0.15) is 46.4 Å². The molecule has 0 aliphatic heterocycles. The Kier molecular flexibility index (Phi) is 4.76. The first-order valence-corrected chi connectivity index (χ1v) is 9.69. The van der Waals surface area contributed by atoms with Gasteiger partial charge < -0.3 is 0 Å². The number of hydrogen-bond donors (Lipinski definition) is 1. The van der Waals surface area contributed by atoms with Crippen molar-refractivity contribution in [3.8, 4) is 0 Å². The fraction of sp³-hybridized carbons (Fsp3) is 0.467. The van der Waals surface area contributed by atoms with Crippen LogP contribution in [-0.4, -0.2) is 10.9 Å². The summed E-state index contributed by atoms with van der Waals surface area (Å²) < 4.78 is 0.842. The number of amides is 1. The van der Waals surface area contributed by atoms with Crippen LogP contribution >= 0.6 is 38.6 Å². The number of carbonyl (C=O) groups excluding carboxylic acids is 1. The van der Waals surface area contributed by atoms with Crippen molar-refractivity contribution in [1.29, 1.82) is 0 Å². The van der Waals surface area contributed by atoms with Gasteiger partial charge in [0, 0.05) is 9.35 Å². The van der Waals surface area contributed by atoms with Crippen molar-refractivity contribution >= 4 is 49.6 Å². The van der Waals surface area contributed by atoms with Crippen LogP contribution < -0.4 is 5.32 Å². The summed E-state index contributed by atoms with van der Waals surface area (Å²) in [6.45, 7) is 2.24. The standard InChI is InChI=1S/C15H17BrN2OS2/c1-2-3-9-4-5-11-12(8-9)21-15(17-11)18-14(19)13-10(16)6-7-20-13/h6-7,9H,2-5,8H2,1H3,(H,17,18,19). The highest BCUT2D eigenvalue weighted by atomic mass is 79.9. The quantitative estimate of drug-likeness (QED) is 0.793. The summed E-state index contributed by atoms with van der Waals surface area (Å²) in [5.41, 5.74) is 1.19. The molecule has 0 radical (unpaired) electrons. The summed E-state index contributed by atoms with van der Waals surface area (Å²) in [6.07, 6.45) is 5.94. The van der Waals surface area contributed by atoms with Gasteiger partial charge in [-0.2, -0.15) is 0 Å². The van der Waals surface area contributed by atoms with Gasteiger partial charge in [-0.05, 0) is 52.6 Å². The van der Waals surface area contributed by atoms with Gasteiger partial charge >= 0.3 is 0 Å². The predicted octanol–water partition coefficient (Wildman–Crippen LogP) is 5.12. The van der Waals surface area contributed by atoms with Crippen molar-refractivity contribution in [1.82, 2.24) is 4.98 Å². The summed E-state index contributed by atoms with van der Waals surface area (Å²) in [4.78, 5) is 18.9. The molecule has 0 spiro atoms. The van der Waals surface area contributed by atoms with Gasteiger partial charge in [-0.3, -0.25) is 10.1 Å². The van der Waals surface area contributed by atoms with E-state index in [1.807, 2.05) is 11.4 Å². The van der Waals surface area contributed by atoms with E-state index in [0.29, 0.717) is 4.88 Å². The maximum Gasteiger partial charge on any atom is 0.268 e. The number of aromatic nitrogens is 1. The molecule has 0 saturated carbocycles. The van der Waals surface area contributed by atoms with Crippen molar-refractivity contribution in [2.75, 3.05) is 5.32 Å². The number of carbonyl (C=O) groups is 1. The van der Waals surface area contributed by atoms with Crippen LogP contribution in [0.15, 0.2) is 15.9 Å². The molecule has 21 heavy (non-hydrogen) atoms. The zero-order valence-electron chi connectivity index (χ0n) is 11.8. The Balaban J connectivity index is 1.71. The lowest BCUT2D eigenvalue weighted by molar-refractivity contribution is 0.103. The first-order chi connectivity index (χ1) is 10.2. The molecule has 2 aromatic heterocycles. The molecule has 0 bridgehead atoms. The van der Waals surface area contributed by atoms with E-state index in [1.54, 1.807) is 11.3 Å². The maximum atomic E-state index is 12.2. The van der Waals surface area contributed by atoms with Crippen LogP contribution in [0.4, 0.5) is 5.13 Å². The van der Waals surface area contributed by atoms with Gasteiger partial charge in [0.05, 0.1) is 5.69 Å². The van der Waals surface area contributed by atoms with E-state index in [9.17, 15) is 4.79 Å². The van der Waals surface area contributed by atoms with Crippen LogP contribution in [0.5, 0.6) is 0 Å². The minimum Gasteiger partial charge on any atom is -0.297 e. The highest BCUT2D eigenvalue weighted by Crippen LogP contribution is 2.34. The Morgan fingerprint density at radius 1 is 1.57 bits per heavy atom. The molecule has 0 fully saturated rings. The van der Waals surface area contributed by atoms with Crippen LogP contribution in [0, 0.1) is 5.92 Å². The first-order valence-electron chi connectivity index (χ1n) is 7.20. The van der Waals surface area contributed by atoms with Gasteiger partial charge in [-0.1, -0.05) is 19.8 Å². The largest absolute Gasteiger partial charge is 0.297 e. The summed E-state index contributed by atoms with van der Waals surface area (Å²) in [5, 5.41) is 5.58. The van der Waals surface area contributed by atoms with Crippen molar-refractivity contribution in [2.24, 2.45) is 5.92 Å². The van der Waals surface area contributed by atoms with E-state index >= 15 is 0 Å². The second kappa shape index (κ2) is 6.58. The molecular weight excluding hydrogens is 368 g/mol. The van der Waals surface area contributed by atoms with Gasteiger partial charge in [-0.25, -0.2) is 4.98 Å². The predicted molar refractivity (Wildman–Crippen MR) is 92.5 cm³/mol. The minimum atomic E-state index is -0.0759. The number of thiazole rings is 1. The second-order valence-electron chi connectivity index (χ2n) is 5.34. The Hall–Kier alpha value is -0.720. The molecule has 112 valence electrons. The number of thiophene rings is 1. The van der Waals surface area contributed by atoms with Crippen LogP contribution in [0.3, 0.4) is 0 Å². The Bertz CT molecular complexity index is 650. The van der Waals surface area contributed by atoms with Gasteiger partial charge in [0.15, 0.2) is 5.13 Å². The van der Waals surface area contributed by atoms with E-state index in [0.717, 1.165) is 28.4 Å². The third-order valence-corrected chi connectivity index (χ3v) is 6.65. The fourth-order valence-electron chi connectivity index (χ4n) is 2.76. The number of anilines is 1. The second-order valence-corrected chi connectivity index (χ2v) is 8.19. The third kappa shape index (κ3) is 3.38. The average molecular weight is 385 g/mol. The highest BCUT2D eigenvalue weighted by Gasteiger charge is 2.23. The van der Waals surface area contributed by atoms with Crippen molar-refractivity contribution in [3.63, 3.8) is 0 Å². The van der Waals surface area contributed by atoms with Crippen LogP contribution in [-0.2, 0) is 12.8 Å². The number of nitrogens with one attached hydrogen (secondary N) is 1. The molecule has 1 atom stereocenters. The average Bonchev–Trinajstić information content (AvgIpc) is 3.04. The third-order valence-electron chi connectivity index (χ3n) is 3.78. The van der Waals surface area contributed by atoms with Gasteiger partial charge in [0.2, 0.25) is 0 Å². The van der Waals surface area contributed by atoms with E-state index < -0.39 is 0 Å².